The van der Waals surface area contributed by atoms with E-state index in [-0.39, 0.29) is 30.2 Å². The summed E-state index contributed by atoms with van der Waals surface area (Å²) in [5.41, 5.74) is 0.675. The predicted octanol–water partition coefficient (Wildman–Crippen LogP) is 2.82. The number of hydrogen-bond acceptors (Lipinski definition) is 4. The lowest BCUT2D eigenvalue weighted by Gasteiger charge is -2.11. The minimum Gasteiger partial charge on any atom is -0.483 e. The van der Waals surface area contributed by atoms with E-state index in [0.717, 1.165) is 0 Å². The van der Waals surface area contributed by atoms with E-state index in [1.165, 1.54) is 49.4 Å². The molecular weight excluding hydrogens is 363 g/mol. The number of benzene rings is 2. The predicted molar refractivity (Wildman–Crippen MR) is 95.0 cm³/mol. The van der Waals surface area contributed by atoms with Gasteiger partial charge in [0, 0.05) is 10.7 Å². The summed E-state index contributed by atoms with van der Waals surface area (Å²) in [6.45, 7) is 0.712. The molecule has 0 aliphatic heterocycles. The van der Waals surface area contributed by atoms with Crippen molar-refractivity contribution >= 4 is 34.9 Å². The minimum absolute atomic E-state index is 0.229. The first-order valence-electron chi connectivity index (χ1n) is 7.60. The molecule has 136 valence electrons. The van der Waals surface area contributed by atoms with Gasteiger partial charge in [-0.3, -0.25) is 14.4 Å². The molecule has 8 heteroatoms. The summed E-state index contributed by atoms with van der Waals surface area (Å²) < 4.78 is 18.1. The Morgan fingerprint density at radius 3 is 2.42 bits per heavy atom. The fraction of sp³-hybridized carbons (Fsp3) is 0.167. The molecule has 0 spiro atoms. The molecule has 0 aliphatic carbocycles. The van der Waals surface area contributed by atoms with Crippen molar-refractivity contribution in [2.75, 3.05) is 18.5 Å². The molecule has 6 nitrogen and oxygen atoms in total. The molecule has 2 aromatic rings. The molecule has 2 rings (SSSR count). The van der Waals surface area contributed by atoms with Crippen molar-refractivity contribution in [2.24, 2.45) is 0 Å². The molecule has 0 radical (unpaired) electrons. The largest absolute Gasteiger partial charge is 0.483 e. The Morgan fingerprint density at radius 1 is 1.08 bits per heavy atom. The van der Waals surface area contributed by atoms with E-state index in [9.17, 15) is 18.8 Å². The maximum Gasteiger partial charge on any atom is 0.258 e. The highest BCUT2D eigenvalue weighted by Gasteiger charge is 2.12. The number of anilines is 1. The van der Waals surface area contributed by atoms with Crippen LogP contribution in [-0.4, -0.2) is 30.7 Å². The van der Waals surface area contributed by atoms with E-state index in [2.05, 4.69) is 10.6 Å². The highest BCUT2D eigenvalue weighted by molar-refractivity contribution is 6.31. The third-order valence-corrected chi connectivity index (χ3v) is 3.49. The number of Topliss-reactive ketones (excluding diaryl/α,β-unsaturated/α-hetero) is 1. The number of carbonyl (C=O) groups is 3. The van der Waals surface area contributed by atoms with E-state index in [0.29, 0.717) is 10.7 Å². The van der Waals surface area contributed by atoms with Crippen molar-refractivity contribution in [2.45, 2.75) is 6.92 Å². The molecule has 0 saturated heterocycles. The van der Waals surface area contributed by atoms with Crippen LogP contribution in [0.1, 0.15) is 17.3 Å². The first-order valence-corrected chi connectivity index (χ1v) is 7.98. The SMILES string of the molecule is CC(=O)c1cc(Cl)ccc1OCC(=O)NCC(=O)Nc1ccc(F)cc1. The van der Waals surface area contributed by atoms with E-state index in [4.69, 9.17) is 16.3 Å². The zero-order chi connectivity index (χ0) is 19.1. The monoisotopic (exact) mass is 378 g/mol. The van der Waals surface area contributed by atoms with Crippen LogP contribution in [0.3, 0.4) is 0 Å². The van der Waals surface area contributed by atoms with E-state index < -0.39 is 17.6 Å². The van der Waals surface area contributed by atoms with Crippen molar-refractivity contribution in [3.8, 4) is 5.75 Å². The first kappa shape index (κ1) is 19.4. The van der Waals surface area contributed by atoms with Crippen molar-refractivity contribution in [3.63, 3.8) is 0 Å². The Balaban J connectivity index is 1.81. The molecule has 0 heterocycles. The second-order valence-corrected chi connectivity index (χ2v) is 5.75. The molecule has 2 amide bonds. The van der Waals surface area contributed by atoms with E-state index in [1.54, 1.807) is 0 Å². The van der Waals surface area contributed by atoms with Gasteiger partial charge in [0.1, 0.15) is 11.6 Å². The second kappa shape index (κ2) is 8.96. The van der Waals surface area contributed by atoms with Crippen LogP contribution in [-0.2, 0) is 9.59 Å². The third kappa shape index (κ3) is 5.86. The maximum atomic E-state index is 12.8. The van der Waals surface area contributed by atoms with Gasteiger partial charge in [0.25, 0.3) is 5.91 Å². The number of ether oxygens (including phenoxy) is 1. The number of amides is 2. The average molecular weight is 379 g/mol. The second-order valence-electron chi connectivity index (χ2n) is 5.32. The summed E-state index contributed by atoms with van der Waals surface area (Å²) in [6.07, 6.45) is 0. The molecule has 26 heavy (non-hydrogen) atoms. The van der Waals surface area contributed by atoms with Crippen LogP contribution in [0, 0.1) is 5.82 Å². The summed E-state index contributed by atoms with van der Waals surface area (Å²) in [7, 11) is 0. The van der Waals surface area contributed by atoms with Crippen LogP contribution < -0.4 is 15.4 Å². The fourth-order valence-electron chi connectivity index (χ4n) is 2.01. The van der Waals surface area contributed by atoms with Crippen molar-refractivity contribution in [3.05, 3.63) is 58.9 Å². The van der Waals surface area contributed by atoms with Gasteiger partial charge in [0.15, 0.2) is 12.4 Å². The summed E-state index contributed by atoms with van der Waals surface area (Å²) >= 11 is 5.83. The van der Waals surface area contributed by atoms with Gasteiger partial charge in [-0.1, -0.05) is 11.6 Å². The normalized spacial score (nSPS) is 10.1. The Bertz CT molecular complexity index is 824. The zero-order valence-corrected chi connectivity index (χ0v) is 14.6. The summed E-state index contributed by atoms with van der Waals surface area (Å²) in [4.78, 5) is 35.1. The van der Waals surface area contributed by atoms with Crippen LogP contribution in [0.4, 0.5) is 10.1 Å². The van der Waals surface area contributed by atoms with Gasteiger partial charge in [-0.2, -0.15) is 0 Å². The summed E-state index contributed by atoms with van der Waals surface area (Å²) in [5.74, 6) is -1.44. The van der Waals surface area contributed by atoms with Crippen LogP contribution in [0.2, 0.25) is 5.02 Å². The van der Waals surface area contributed by atoms with E-state index in [1.807, 2.05) is 0 Å². The van der Waals surface area contributed by atoms with Gasteiger partial charge < -0.3 is 15.4 Å². The lowest BCUT2D eigenvalue weighted by atomic mass is 10.1. The Hall–Kier alpha value is -2.93. The number of rotatable bonds is 7. The smallest absolute Gasteiger partial charge is 0.258 e. The molecule has 0 saturated carbocycles. The van der Waals surface area contributed by atoms with Gasteiger partial charge in [-0.15, -0.1) is 0 Å². The topological polar surface area (TPSA) is 84.5 Å². The number of carbonyl (C=O) groups excluding carboxylic acids is 3. The van der Waals surface area contributed by atoms with Gasteiger partial charge >= 0.3 is 0 Å². The lowest BCUT2D eigenvalue weighted by Crippen LogP contribution is -2.35. The third-order valence-electron chi connectivity index (χ3n) is 3.25. The molecule has 0 aliphatic rings. The average Bonchev–Trinajstić information content (AvgIpc) is 2.60. The standard InChI is InChI=1S/C18H16ClFN2O4/c1-11(23)15-8-12(19)2-7-16(15)26-10-18(25)21-9-17(24)22-14-5-3-13(20)4-6-14/h2-8H,9-10H2,1H3,(H,21,25)(H,22,24). The number of halogens is 2. The summed E-state index contributed by atoms with van der Waals surface area (Å²) in [6, 6.07) is 9.71. The molecule has 0 bridgehead atoms. The molecule has 2 aromatic carbocycles. The minimum atomic E-state index is -0.538. The lowest BCUT2D eigenvalue weighted by molar-refractivity contribution is -0.125. The number of nitrogens with one attached hydrogen (secondary N) is 2. The summed E-state index contributed by atoms with van der Waals surface area (Å²) in [5, 5.41) is 5.27. The fourth-order valence-corrected chi connectivity index (χ4v) is 2.19. The Kier molecular flexibility index (Phi) is 6.68. The van der Waals surface area contributed by atoms with Gasteiger partial charge in [0.05, 0.1) is 12.1 Å². The van der Waals surface area contributed by atoms with Crippen molar-refractivity contribution in [1.82, 2.24) is 5.32 Å². The van der Waals surface area contributed by atoms with E-state index >= 15 is 0 Å². The highest BCUT2D eigenvalue weighted by Crippen LogP contribution is 2.23. The Labute approximate surface area is 154 Å². The van der Waals surface area contributed by atoms with Gasteiger partial charge in [-0.25, -0.2) is 4.39 Å². The zero-order valence-electron chi connectivity index (χ0n) is 13.8. The van der Waals surface area contributed by atoms with Crippen LogP contribution in [0.5, 0.6) is 5.75 Å². The molecule has 2 N–H and O–H groups in total. The Morgan fingerprint density at radius 2 is 1.77 bits per heavy atom. The quantitative estimate of drug-likeness (QED) is 0.725. The molecule has 0 unspecified atom stereocenters. The number of hydrogen-bond donors (Lipinski definition) is 2. The molecular formula is C18H16ClFN2O4. The van der Waals surface area contributed by atoms with Crippen molar-refractivity contribution < 1.29 is 23.5 Å². The maximum absolute atomic E-state index is 12.8. The van der Waals surface area contributed by atoms with Gasteiger partial charge in [-0.05, 0) is 49.4 Å². The molecule has 0 aromatic heterocycles. The first-order chi connectivity index (χ1) is 12.3. The molecule has 0 fully saturated rings. The van der Waals surface area contributed by atoms with Crippen LogP contribution in [0.15, 0.2) is 42.5 Å². The number of ketones is 1. The molecule has 0 atom stereocenters. The van der Waals surface area contributed by atoms with Crippen LogP contribution in [0.25, 0.3) is 0 Å². The van der Waals surface area contributed by atoms with Crippen LogP contribution >= 0.6 is 11.6 Å². The van der Waals surface area contributed by atoms with Gasteiger partial charge in [0.2, 0.25) is 5.91 Å². The van der Waals surface area contributed by atoms with Crippen molar-refractivity contribution in [1.29, 1.82) is 0 Å². The highest BCUT2D eigenvalue weighted by atomic mass is 35.5.